The molecule has 33 heavy (non-hydrogen) atoms. The quantitative estimate of drug-likeness (QED) is 0.734. The monoisotopic (exact) mass is 449 g/mol. The Labute approximate surface area is 193 Å². The molecule has 0 unspecified atom stereocenters. The number of benzene rings is 2. The number of aryl methyl sites for hydroxylation is 1. The van der Waals surface area contributed by atoms with Gasteiger partial charge in [0.1, 0.15) is 5.82 Å². The minimum atomic E-state index is -0.487. The number of nitrogens with zero attached hydrogens (tertiary/aromatic N) is 2. The van der Waals surface area contributed by atoms with E-state index in [0.717, 1.165) is 43.2 Å². The third-order valence-electron chi connectivity index (χ3n) is 6.84. The molecule has 4 rings (SSSR count). The van der Waals surface area contributed by atoms with Gasteiger partial charge in [-0.2, -0.15) is 5.26 Å². The fraction of sp³-hybridized carbons (Fsp3) is 0.423. The third kappa shape index (κ3) is 5.07. The number of hydrogen-bond donors (Lipinski definition) is 1. The van der Waals surface area contributed by atoms with Gasteiger partial charge in [0.15, 0.2) is 0 Å². The van der Waals surface area contributed by atoms with E-state index in [1.165, 1.54) is 17.2 Å². The van der Waals surface area contributed by atoms with Crippen molar-refractivity contribution in [3.63, 3.8) is 0 Å². The number of rotatable bonds is 5. The van der Waals surface area contributed by atoms with Gasteiger partial charge in [0.2, 0.25) is 11.8 Å². The SMILES string of the molecule is Cc1ccc(C[C@H]2CC[C@H](C(=O)N3OCC[C@H]3c3cc(F)cc(C#N)c3)CC2)cc1C(N)=O. The van der Waals surface area contributed by atoms with E-state index in [-0.39, 0.29) is 23.4 Å². The molecule has 1 saturated heterocycles. The second-order valence-corrected chi connectivity index (χ2v) is 9.12. The Balaban J connectivity index is 1.38. The second-order valence-electron chi connectivity index (χ2n) is 9.12. The van der Waals surface area contributed by atoms with Crippen LogP contribution in [0.1, 0.15) is 70.8 Å². The Morgan fingerprint density at radius 2 is 1.91 bits per heavy atom. The van der Waals surface area contributed by atoms with Crippen LogP contribution in [0.3, 0.4) is 0 Å². The van der Waals surface area contributed by atoms with E-state index in [9.17, 15) is 14.0 Å². The largest absolute Gasteiger partial charge is 0.366 e. The van der Waals surface area contributed by atoms with Crippen LogP contribution in [-0.4, -0.2) is 23.5 Å². The van der Waals surface area contributed by atoms with E-state index in [1.54, 1.807) is 6.07 Å². The average Bonchev–Trinajstić information content (AvgIpc) is 3.30. The topological polar surface area (TPSA) is 96.4 Å². The summed E-state index contributed by atoms with van der Waals surface area (Å²) in [5.41, 5.74) is 8.83. The highest BCUT2D eigenvalue weighted by atomic mass is 19.1. The molecule has 2 aromatic rings. The molecule has 0 aromatic heterocycles. The van der Waals surface area contributed by atoms with E-state index < -0.39 is 11.7 Å². The van der Waals surface area contributed by atoms with Crippen LogP contribution in [-0.2, 0) is 16.1 Å². The zero-order chi connectivity index (χ0) is 23.5. The lowest BCUT2D eigenvalue weighted by atomic mass is 9.78. The first kappa shape index (κ1) is 22.9. The van der Waals surface area contributed by atoms with Crippen LogP contribution in [0.4, 0.5) is 4.39 Å². The normalized spacial score (nSPS) is 22.7. The van der Waals surface area contributed by atoms with Crippen LogP contribution in [0.15, 0.2) is 36.4 Å². The molecule has 2 N–H and O–H groups in total. The standard InChI is InChI=1S/C26H28FN3O3/c1-16-2-3-18(13-23(16)25(29)31)10-17-4-6-20(7-5-17)26(32)30-24(8-9-33-30)21-11-19(15-28)12-22(27)14-21/h2-3,11-14,17,20,24H,4-10H2,1H3,(H2,29,31)/t17-,20-,24-/m0/s1. The van der Waals surface area contributed by atoms with Crippen molar-refractivity contribution in [2.45, 2.75) is 51.5 Å². The Morgan fingerprint density at radius 1 is 1.15 bits per heavy atom. The summed E-state index contributed by atoms with van der Waals surface area (Å²) < 4.78 is 13.9. The number of carbonyl (C=O) groups excluding carboxylic acids is 2. The molecule has 0 radical (unpaired) electrons. The van der Waals surface area contributed by atoms with Crippen molar-refractivity contribution < 1.29 is 18.8 Å². The van der Waals surface area contributed by atoms with Crippen molar-refractivity contribution in [1.29, 1.82) is 5.26 Å². The van der Waals surface area contributed by atoms with Gasteiger partial charge in [-0.25, -0.2) is 9.45 Å². The molecule has 1 heterocycles. The van der Waals surface area contributed by atoms with E-state index in [4.69, 9.17) is 15.8 Å². The predicted octanol–water partition coefficient (Wildman–Crippen LogP) is 4.36. The summed E-state index contributed by atoms with van der Waals surface area (Å²) >= 11 is 0. The number of halogens is 1. The number of hydrogen-bond acceptors (Lipinski definition) is 4. The fourth-order valence-corrected chi connectivity index (χ4v) is 5.05. The highest BCUT2D eigenvalue weighted by Crippen LogP contribution is 2.37. The van der Waals surface area contributed by atoms with Gasteiger partial charge in [0, 0.05) is 17.9 Å². The Bertz CT molecular complexity index is 1100. The Kier molecular flexibility index (Phi) is 6.75. The lowest BCUT2D eigenvalue weighted by Crippen LogP contribution is -2.36. The first-order chi connectivity index (χ1) is 15.9. The molecule has 2 aliphatic rings. The molecular weight excluding hydrogens is 421 g/mol. The summed E-state index contributed by atoms with van der Waals surface area (Å²) in [6.45, 7) is 2.26. The first-order valence-corrected chi connectivity index (χ1v) is 11.4. The molecule has 2 fully saturated rings. The number of carbonyl (C=O) groups is 2. The molecule has 1 aliphatic heterocycles. The summed E-state index contributed by atoms with van der Waals surface area (Å²) in [7, 11) is 0. The van der Waals surface area contributed by atoms with Gasteiger partial charge in [-0.3, -0.25) is 14.4 Å². The number of amides is 2. The smallest absolute Gasteiger partial charge is 0.249 e. The van der Waals surface area contributed by atoms with Crippen molar-refractivity contribution in [2.24, 2.45) is 17.6 Å². The van der Waals surface area contributed by atoms with Gasteiger partial charge in [-0.05, 0) is 85.9 Å². The van der Waals surface area contributed by atoms with Crippen molar-refractivity contribution in [3.8, 4) is 6.07 Å². The molecule has 0 spiro atoms. The summed E-state index contributed by atoms with van der Waals surface area (Å²) in [5, 5.41) is 10.5. The van der Waals surface area contributed by atoms with Gasteiger partial charge in [-0.15, -0.1) is 0 Å². The maximum absolute atomic E-state index is 13.9. The summed E-state index contributed by atoms with van der Waals surface area (Å²) in [6.07, 6.45) is 4.77. The second kappa shape index (κ2) is 9.72. The number of nitriles is 1. The Hall–Kier alpha value is -3.24. The molecule has 7 heteroatoms. The minimum Gasteiger partial charge on any atom is -0.366 e. The summed E-state index contributed by atoms with van der Waals surface area (Å²) in [5.74, 6) is -0.659. The van der Waals surface area contributed by atoms with Crippen molar-refractivity contribution in [3.05, 3.63) is 70.0 Å². The van der Waals surface area contributed by atoms with E-state index in [0.29, 0.717) is 30.1 Å². The molecule has 2 aromatic carbocycles. The van der Waals surface area contributed by atoms with Crippen molar-refractivity contribution in [1.82, 2.24) is 5.06 Å². The highest BCUT2D eigenvalue weighted by Gasteiger charge is 2.37. The average molecular weight is 450 g/mol. The maximum Gasteiger partial charge on any atom is 0.249 e. The summed E-state index contributed by atoms with van der Waals surface area (Å²) in [4.78, 5) is 30.5. The number of primary amides is 1. The maximum atomic E-state index is 13.9. The van der Waals surface area contributed by atoms with E-state index in [1.807, 2.05) is 31.2 Å². The van der Waals surface area contributed by atoms with Crippen LogP contribution in [0.2, 0.25) is 0 Å². The minimum absolute atomic E-state index is 0.0648. The molecular formula is C26H28FN3O3. The highest BCUT2D eigenvalue weighted by molar-refractivity contribution is 5.94. The van der Waals surface area contributed by atoms with Gasteiger partial charge in [-0.1, -0.05) is 12.1 Å². The van der Waals surface area contributed by atoms with Crippen molar-refractivity contribution >= 4 is 11.8 Å². The Morgan fingerprint density at radius 3 is 2.61 bits per heavy atom. The molecule has 1 atom stereocenters. The molecule has 6 nitrogen and oxygen atoms in total. The van der Waals surface area contributed by atoms with Gasteiger partial charge in [0.05, 0.1) is 24.3 Å². The van der Waals surface area contributed by atoms with Crippen LogP contribution in [0.5, 0.6) is 0 Å². The van der Waals surface area contributed by atoms with Crippen molar-refractivity contribution in [2.75, 3.05) is 6.61 Å². The van der Waals surface area contributed by atoms with Gasteiger partial charge < -0.3 is 5.73 Å². The third-order valence-corrected chi connectivity index (χ3v) is 6.84. The van der Waals surface area contributed by atoms with E-state index in [2.05, 4.69) is 0 Å². The lowest BCUT2D eigenvalue weighted by Gasteiger charge is -2.32. The van der Waals surface area contributed by atoms with Gasteiger partial charge in [0.25, 0.3) is 0 Å². The molecule has 1 aliphatic carbocycles. The lowest BCUT2D eigenvalue weighted by molar-refractivity contribution is -0.183. The van der Waals surface area contributed by atoms with E-state index >= 15 is 0 Å². The van der Waals surface area contributed by atoms with Crippen LogP contribution in [0, 0.1) is 35.9 Å². The number of hydroxylamine groups is 2. The zero-order valence-electron chi connectivity index (χ0n) is 18.7. The van der Waals surface area contributed by atoms with Crippen LogP contribution >= 0.6 is 0 Å². The zero-order valence-corrected chi connectivity index (χ0v) is 18.7. The molecule has 2 amide bonds. The predicted molar refractivity (Wildman–Crippen MR) is 120 cm³/mol. The number of nitrogens with two attached hydrogens (primary N) is 1. The molecule has 0 bridgehead atoms. The molecule has 1 saturated carbocycles. The molecule has 172 valence electrons. The van der Waals surface area contributed by atoms with Gasteiger partial charge >= 0.3 is 0 Å². The van der Waals surface area contributed by atoms with Crippen LogP contribution < -0.4 is 5.73 Å². The first-order valence-electron chi connectivity index (χ1n) is 11.4. The van der Waals surface area contributed by atoms with Crippen LogP contribution in [0.25, 0.3) is 0 Å². The summed E-state index contributed by atoms with van der Waals surface area (Å²) in [6, 6.07) is 11.6. The fourth-order valence-electron chi connectivity index (χ4n) is 5.05.